The molecule has 0 spiro atoms. The maximum absolute atomic E-state index is 12.4. The Balaban J connectivity index is 2.68. The van der Waals surface area contributed by atoms with Crippen molar-refractivity contribution in [3.8, 4) is 0 Å². The lowest BCUT2D eigenvalue weighted by Gasteiger charge is -2.09. The Bertz CT molecular complexity index is 498. The van der Waals surface area contributed by atoms with E-state index >= 15 is 0 Å². The molecule has 7 heteroatoms. The van der Waals surface area contributed by atoms with Crippen molar-refractivity contribution >= 4 is 33.1 Å². The van der Waals surface area contributed by atoms with Gasteiger partial charge in [0.1, 0.15) is 4.90 Å². The molecule has 1 rings (SSSR count). The van der Waals surface area contributed by atoms with E-state index in [1.54, 1.807) is 11.8 Å². The Kier molecular flexibility index (Phi) is 8.13. The van der Waals surface area contributed by atoms with Gasteiger partial charge >= 0.3 is 0 Å². The van der Waals surface area contributed by atoms with Gasteiger partial charge in [0, 0.05) is 18.0 Å². The third kappa shape index (κ3) is 5.37. The van der Waals surface area contributed by atoms with Crippen molar-refractivity contribution in [3.63, 3.8) is 0 Å². The van der Waals surface area contributed by atoms with Gasteiger partial charge in [-0.05, 0) is 49.3 Å². The number of hydrogen-bond acceptors (Lipinski definition) is 5. The largest absolute Gasteiger partial charge is 0.312 e. The summed E-state index contributed by atoms with van der Waals surface area (Å²) in [5.74, 6) is 1.07. The van der Waals surface area contributed by atoms with Gasteiger partial charge in [-0.25, -0.2) is 13.1 Å². The number of unbranched alkanes of at least 4 members (excludes halogenated alkanes) is 1. The first kappa shape index (κ1) is 18.0. The number of nitrogens with one attached hydrogen (secondary N) is 2. The zero-order chi connectivity index (χ0) is 15.0. The summed E-state index contributed by atoms with van der Waals surface area (Å²) in [5.41, 5.74) is 0.833. The summed E-state index contributed by atoms with van der Waals surface area (Å²) in [4.78, 5) is 1.36. The maximum Gasteiger partial charge on any atom is 0.241 e. The molecule has 0 aliphatic heterocycles. The van der Waals surface area contributed by atoms with E-state index in [1.165, 1.54) is 11.3 Å². The van der Waals surface area contributed by atoms with Gasteiger partial charge in [0.2, 0.25) is 10.0 Å². The minimum atomic E-state index is -3.38. The van der Waals surface area contributed by atoms with Crippen LogP contribution in [-0.4, -0.2) is 33.5 Å². The van der Waals surface area contributed by atoms with Gasteiger partial charge in [-0.15, -0.1) is 11.3 Å². The van der Waals surface area contributed by atoms with Gasteiger partial charge < -0.3 is 5.32 Å². The summed E-state index contributed by atoms with van der Waals surface area (Å²) in [6.45, 7) is 5.82. The molecule has 1 heterocycles. The number of aryl methyl sites for hydroxylation is 1. The van der Waals surface area contributed by atoms with E-state index in [9.17, 15) is 8.42 Å². The Morgan fingerprint density at radius 1 is 1.35 bits per heavy atom. The molecule has 0 amide bonds. The maximum atomic E-state index is 12.4. The molecule has 1 aromatic heterocycles. The van der Waals surface area contributed by atoms with E-state index in [2.05, 4.69) is 16.3 Å². The zero-order valence-electron chi connectivity index (χ0n) is 12.4. The fourth-order valence-electron chi connectivity index (χ4n) is 1.86. The van der Waals surface area contributed by atoms with Gasteiger partial charge in [0.05, 0.1) is 0 Å². The molecule has 116 valence electrons. The van der Waals surface area contributed by atoms with Crippen molar-refractivity contribution in [1.29, 1.82) is 0 Å². The average molecular weight is 337 g/mol. The highest BCUT2D eigenvalue weighted by Gasteiger charge is 2.22. The van der Waals surface area contributed by atoms with Crippen molar-refractivity contribution in [3.05, 3.63) is 15.8 Å². The van der Waals surface area contributed by atoms with Crippen LogP contribution in [0.25, 0.3) is 0 Å². The summed E-state index contributed by atoms with van der Waals surface area (Å²) in [6.07, 6.45) is 3.98. The number of thioether (sulfide) groups is 1. The van der Waals surface area contributed by atoms with Crippen LogP contribution in [0, 0.1) is 6.92 Å². The Hall–Kier alpha value is -0.0800. The van der Waals surface area contributed by atoms with Crippen molar-refractivity contribution in [2.24, 2.45) is 0 Å². The SMILES string of the molecule is CCNCc1scc(C)c1S(=O)(=O)NCCCCSC. The van der Waals surface area contributed by atoms with Crippen LogP contribution in [0.15, 0.2) is 10.3 Å². The van der Waals surface area contributed by atoms with E-state index in [-0.39, 0.29) is 0 Å². The molecular weight excluding hydrogens is 312 g/mol. The molecule has 20 heavy (non-hydrogen) atoms. The normalized spacial score (nSPS) is 11.9. The van der Waals surface area contributed by atoms with Crippen LogP contribution >= 0.6 is 23.1 Å². The molecule has 0 saturated carbocycles. The van der Waals surface area contributed by atoms with E-state index in [1.807, 2.05) is 19.2 Å². The van der Waals surface area contributed by atoms with Gasteiger partial charge in [-0.2, -0.15) is 11.8 Å². The first-order valence-corrected chi connectivity index (χ1v) is 10.5. The Morgan fingerprint density at radius 3 is 2.75 bits per heavy atom. The number of hydrogen-bond donors (Lipinski definition) is 2. The number of sulfonamides is 1. The first-order valence-electron chi connectivity index (χ1n) is 6.79. The minimum absolute atomic E-state index is 0.466. The monoisotopic (exact) mass is 336 g/mol. The minimum Gasteiger partial charge on any atom is -0.312 e. The molecule has 0 unspecified atom stereocenters. The number of rotatable bonds is 10. The molecule has 2 N–H and O–H groups in total. The lowest BCUT2D eigenvalue weighted by Crippen LogP contribution is -2.26. The van der Waals surface area contributed by atoms with E-state index < -0.39 is 10.0 Å². The van der Waals surface area contributed by atoms with Crippen LogP contribution in [0.5, 0.6) is 0 Å². The summed E-state index contributed by atoms with van der Waals surface area (Å²) >= 11 is 3.29. The topological polar surface area (TPSA) is 58.2 Å². The molecule has 4 nitrogen and oxygen atoms in total. The second kappa shape index (κ2) is 9.04. The van der Waals surface area contributed by atoms with Gasteiger partial charge in [0.25, 0.3) is 0 Å². The molecule has 0 radical (unpaired) electrons. The summed E-state index contributed by atoms with van der Waals surface area (Å²) < 4.78 is 27.5. The third-order valence-electron chi connectivity index (χ3n) is 2.86. The molecule has 0 fully saturated rings. The third-order valence-corrected chi connectivity index (χ3v) is 6.48. The van der Waals surface area contributed by atoms with Crippen LogP contribution in [0.2, 0.25) is 0 Å². The summed E-state index contributed by atoms with van der Waals surface area (Å²) in [5, 5.41) is 5.10. The Labute approximate surface area is 130 Å². The molecule has 0 aliphatic carbocycles. The summed E-state index contributed by atoms with van der Waals surface area (Å²) in [6, 6.07) is 0. The molecule has 1 aromatic rings. The van der Waals surface area contributed by atoms with Crippen LogP contribution in [0.4, 0.5) is 0 Å². The quantitative estimate of drug-likeness (QED) is 0.645. The molecule has 0 aromatic carbocycles. The predicted octanol–water partition coefficient (Wildman–Crippen LogP) is 2.59. The standard InChI is InChI=1S/C13H24N2O2S3/c1-4-14-9-12-13(11(2)10-19-12)20(16,17)15-7-5-6-8-18-3/h10,14-15H,4-9H2,1-3H3. The van der Waals surface area contributed by atoms with E-state index in [0.717, 1.165) is 35.6 Å². The van der Waals surface area contributed by atoms with Crippen LogP contribution in [0.1, 0.15) is 30.2 Å². The number of thiophene rings is 1. The molecule has 0 bridgehead atoms. The van der Waals surface area contributed by atoms with Crippen molar-refractivity contribution < 1.29 is 8.42 Å². The smallest absolute Gasteiger partial charge is 0.241 e. The lowest BCUT2D eigenvalue weighted by molar-refractivity contribution is 0.576. The van der Waals surface area contributed by atoms with E-state index in [0.29, 0.717) is 18.0 Å². The van der Waals surface area contributed by atoms with Gasteiger partial charge in [0.15, 0.2) is 0 Å². The highest BCUT2D eigenvalue weighted by atomic mass is 32.2. The predicted molar refractivity (Wildman–Crippen MR) is 89.2 cm³/mol. The molecule has 0 atom stereocenters. The lowest BCUT2D eigenvalue weighted by atomic mass is 10.3. The second-order valence-electron chi connectivity index (χ2n) is 4.55. The Morgan fingerprint density at radius 2 is 2.10 bits per heavy atom. The van der Waals surface area contributed by atoms with E-state index in [4.69, 9.17) is 0 Å². The molecular formula is C13H24N2O2S3. The fourth-order valence-corrected chi connectivity index (χ4v) is 5.20. The fraction of sp³-hybridized carbons (Fsp3) is 0.692. The van der Waals surface area contributed by atoms with Crippen molar-refractivity contribution in [2.45, 2.75) is 38.1 Å². The van der Waals surface area contributed by atoms with Crippen LogP contribution in [-0.2, 0) is 16.6 Å². The second-order valence-corrected chi connectivity index (χ2v) is 8.20. The van der Waals surface area contributed by atoms with Crippen LogP contribution < -0.4 is 10.0 Å². The van der Waals surface area contributed by atoms with Gasteiger partial charge in [-0.3, -0.25) is 0 Å². The highest BCUT2D eigenvalue weighted by molar-refractivity contribution is 7.98. The van der Waals surface area contributed by atoms with Gasteiger partial charge in [-0.1, -0.05) is 6.92 Å². The average Bonchev–Trinajstić information content (AvgIpc) is 2.78. The molecule has 0 saturated heterocycles. The van der Waals surface area contributed by atoms with Crippen molar-refractivity contribution in [2.75, 3.05) is 25.1 Å². The first-order chi connectivity index (χ1) is 9.53. The van der Waals surface area contributed by atoms with Crippen molar-refractivity contribution in [1.82, 2.24) is 10.0 Å². The summed E-state index contributed by atoms with van der Waals surface area (Å²) in [7, 11) is -3.38. The van der Waals surface area contributed by atoms with Crippen LogP contribution in [0.3, 0.4) is 0 Å². The molecule has 0 aliphatic rings. The zero-order valence-corrected chi connectivity index (χ0v) is 14.8. The highest BCUT2D eigenvalue weighted by Crippen LogP contribution is 2.26.